The van der Waals surface area contributed by atoms with Crippen LogP contribution in [0.2, 0.25) is 0 Å². The van der Waals surface area contributed by atoms with E-state index in [2.05, 4.69) is 25.0 Å². The van der Waals surface area contributed by atoms with Crippen LogP contribution in [0.3, 0.4) is 0 Å². The lowest BCUT2D eigenvalue weighted by Gasteiger charge is -2.33. The van der Waals surface area contributed by atoms with E-state index in [1.54, 1.807) is 19.2 Å². The van der Waals surface area contributed by atoms with Crippen molar-refractivity contribution < 1.29 is 14.0 Å². The summed E-state index contributed by atoms with van der Waals surface area (Å²) in [7, 11) is 3.10. The van der Waals surface area contributed by atoms with Gasteiger partial charge in [0.2, 0.25) is 5.89 Å². The highest BCUT2D eigenvalue weighted by atomic mass is 16.5. The second-order valence-electron chi connectivity index (χ2n) is 7.12. The number of rotatable bonds is 6. The molecule has 1 aliphatic heterocycles. The van der Waals surface area contributed by atoms with Crippen molar-refractivity contribution in [1.82, 2.24) is 25.0 Å². The summed E-state index contributed by atoms with van der Waals surface area (Å²) in [4.78, 5) is 27.0. The topological polar surface area (TPSA) is 106 Å². The van der Waals surface area contributed by atoms with Crippen LogP contribution in [0.25, 0.3) is 10.9 Å². The first-order chi connectivity index (χ1) is 14.1. The van der Waals surface area contributed by atoms with Gasteiger partial charge in [0.15, 0.2) is 17.3 Å². The molecule has 4 rings (SSSR count). The molecule has 2 aromatic heterocycles. The molecule has 0 bridgehead atoms. The fourth-order valence-electron chi connectivity index (χ4n) is 3.80. The van der Waals surface area contributed by atoms with Crippen LogP contribution in [-0.2, 0) is 13.0 Å². The van der Waals surface area contributed by atoms with Crippen LogP contribution < -0.4 is 15.0 Å². The maximum absolute atomic E-state index is 12.7. The quantitative estimate of drug-likeness (QED) is 0.674. The van der Waals surface area contributed by atoms with Crippen molar-refractivity contribution in [2.24, 2.45) is 0 Å². The minimum absolute atomic E-state index is 0.0548. The number of ether oxygens (including phenoxy) is 2. The average Bonchev–Trinajstić information content (AvgIpc) is 3.22. The molecule has 3 heterocycles. The molecule has 1 fully saturated rings. The van der Waals surface area contributed by atoms with Gasteiger partial charge in [-0.25, -0.2) is 4.98 Å². The van der Waals surface area contributed by atoms with Crippen molar-refractivity contribution in [2.75, 3.05) is 20.8 Å². The zero-order chi connectivity index (χ0) is 20.4. The second kappa shape index (κ2) is 8.20. The standard InChI is InChI=1S/C20H25N5O4/c1-4-18-23-19(24-29-18)14-7-5-6-8-25(14)11-17-21-13-10-16(28-3)15(27-2)9-12(13)20(26)22-17/h9-10,14H,4-8,11H2,1-3H3,(H,21,22,26). The van der Waals surface area contributed by atoms with E-state index in [-0.39, 0.29) is 11.6 Å². The van der Waals surface area contributed by atoms with Crippen LogP contribution in [0.15, 0.2) is 21.5 Å². The Kier molecular flexibility index (Phi) is 5.48. The number of hydrogen-bond acceptors (Lipinski definition) is 8. The van der Waals surface area contributed by atoms with Crippen LogP contribution in [0.1, 0.15) is 49.8 Å². The van der Waals surface area contributed by atoms with Gasteiger partial charge >= 0.3 is 0 Å². The average molecular weight is 399 g/mol. The number of nitrogens with zero attached hydrogens (tertiary/aromatic N) is 4. The van der Waals surface area contributed by atoms with Gasteiger partial charge in [0.1, 0.15) is 5.82 Å². The number of H-pyrrole nitrogens is 1. The van der Waals surface area contributed by atoms with E-state index in [0.29, 0.717) is 52.9 Å². The number of methoxy groups -OCH3 is 2. The van der Waals surface area contributed by atoms with Crippen molar-refractivity contribution in [3.8, 4) is 11.5 Å². The molecule has 1 aliphatic rings. The van der Waals surface area contributed by atoms with E-state index >= 15 is 0 Å². The van der Waals surface area contributed by atoms with Crippen molar-refractivity contribution >= 4 is 10.9 Å². The maximum Gasteiger partial charge on any atom is 0.258 e. The van der Waals surface area contributed by atoms with Crippen LogP contribution in [0, 0.1) is 0 Å². The number of piperidine rings is 1. The third kappa shape index (κ3) is 3.82. The number of aryl methyl sites for hydroxylation is 1. The van der Waals surface area contributed by atoms with Gasteiger partial charge in [-0.1, -0.05) is 18.5 Å². The Balaban J connectivity index is 1.65. The van der Waals surface area contributed by atoms with E-state index in [1.807, 2.05) is 6.92 Å². The highest BCUT2D eigenvalue weighted by Gasteiger charge is 2.28. The molecule has 0 aliphatic carbocycles. The fraction of sp³-hybridized carbons (Fsp3) is 0.500. The molecule has 29 heavy (non-hydrogen) atoms. The van der Waals surface area contributed by atoms with Gasteiger partial charge in [-0.3, -0.25) is 9.69 Å². The van der Waals surface area contributed by atoms with Crippen molar-refractivity contribution in [1.29, 1.82) is 0 Å². The van der Waals surface area contributed by atoms with Crippen molar-refractivity contribution in [3.05, 3.63) is 40.0 Å². The van der Waals surface area contributed by atoms with E-state index in [1.165, 1.54) is 7.11 Å². The monoisotopic (exact) mass is 399 g/mol. The Morgan fingerprint density at radius 1 is 1.21 bits per heavy atom. The summed E-state index contributed by atoms with van der Waals surface area (Å²) in [6, 6.07) is 3.44. The van der Waals surface area contributed by atoms with Gasteiger partial charge in [0.05, 0.1) is 37.7 Å². The summed E-state index contributed by atoms with van der Waals surface area (Å²) in [5.74, 6) is 2.99. The number of likely N-dealkylation sites (tertiary alicyclic amines) is 1. The molecule has 0 saturated carbocycles. The molecule has 1 unspecified atom stereocenters. The minimum Gasteiger partial charge on any atom is -0.493 e. The molecule has 1 aromatic carbocycles. The van der Waals surface area contributed by atoms with Gasteiger partial charge in [-0.05, 0) is 25.5 Å². The number of fused-ring (bicyclic) bond motifs is 1. The number of aromatic amines is 1. The summed E-state index contributed by atoms with van der Waals surface area (Å²) in [6.45, 7) is 3.37. The molecule has 3 aromatic rings. The van der Waals surface area contributed by atoms with Gasteiger partial charge in [0.25, 0.3) is 5.56 Å². The third-order valence-corrected chi connectivity index (χ3v) is 5.31. The van der Waals surface area contributed by atoms with Crippen LogP contribution >= 0.6 is 0 Å². The highest BCUT2D eigenvalue weighted by Crippen LogP contribution is 2.32. The third-order valence-electron chi connectivity index (χ3n) is 5.31. The molecule has 154 valence electrons. The Bertz CT molecular complexity index is 1060. The first-order valence-electron chi connectivity index (χ1n) is 9.84. The zero-order valence-electron chi connectivity index (χ0n) is 16.9. The molecule has 0 spiro atoms. The normalized spacial score (nSPS) is 17.6. The lowest BCUT2D eigenvalue weighted by atomic mass is 10.0. The number of hydrogen-bond donors (Lipinski definition) is 1. The lowest BCUT2D eigenvalue weighted by molar-refractivity contribution is 0.128. The predicted octanol–water partition coefficient (Wildman–Crippen LogP) is 2.61. The van der Waals surface area contributed by atoms with Gasteiger partial charge < -0.3 is 19.0 Å². The van der Waals surface area contributed by atoms with Crippen molar-refractivity contribution in [2.45, 2.75) is 45.2 Å². The molecule has 0 amide bonds. The van der Waals surface area contributed by atoms with E-state index in [0.717, 1.165) is 25.8 Å². The SMILES string of the molecule is CCc1nc(C2CCCCN2Cc2nc3cc(OC)c(OC)cc3c(=O)[nH]2)no1. The molecule has 0 radical (unpaired) electrons. The maximum atomic E-state index is 12.7. The molecule has 9 heteroatoms. The van der Waals surface area contributed by atoms with Gasteiger partial charge in [0, 0.05) is 12.5 Å². The van der Waals surface area contributed by atoms with E-state index in [4.69, 9.17) is 14.0 Å². The van der Waals surface area contributed by atoms with Crippen molar-refractivity contribution in [3.63, 3.8) is 0 Å². The smallest absolute Gasteiger partial charge is 0.258 e. The fourth-order valence-corrected chi connectivity index (χ4v) is 3.80. The number of benzene rings is 1. The minimum atomic E-state index is -0.202. The largest absolute Gasteiger partial charge is 0.493 e. The molecule has 1 saturated heterocycles. The number of aromatic nitrogens is 4. The molecule has 1 N–H and O–H groups in total. The zero-order valence-corrected chi connectivity index (χ0v) is 16.9. The predicted molar refractivity (Wildman–Crippen MR) is 106 cm³/mol. The Morgan fingerprint density at radius 3 is 2.72 bits per heavy atom. The van der Waals surface area contributed by atoms with Crippen LogP contribution in [-0.4, -0.2) is 45.8 Å². The summed E-state index contributed by atoms with van der Waals surface area (Å²) in [5.41, 5.74) is 0.370. The Labute approximate surface area is 168 Å². The molecule has 9 nitrogen and oxygen atoms in total. The van der Waals surface area contributed by atoms with Crippen LogP contribution in [0.4, 0.5) is 0 Å². The Hall–Kier alpha value is -2.94. The molecule has 1 atom stereocenters. The highest BCUT2D eigenvalue weighted by molar-refractivity contribution is 5.81. The Morgan fingerprint density at radius 2 is 2.00 bits per heavy atom. The first kappa shape index (κ1) is 19.4. The van der Waals surface area contributed by atoms with Gasteiger partial charge in [-0.2, -0.15) is 4.98 Å². The lowest BCUT2D eigenvalue weighted by Crippen LogP contribution is -2.34. The first-order valence-corrected chi connectivity index (χ1v) is 9.84. The van der Waals surface area contributed by atoms with Crippen LogP contribution in [0.5, 0.6) is 11.5 Å². The van der Waals surface area contributed by atoms with E-state index in [9.17, 15) is 4.79 Å². The summed E-state index contributed by atoms with van der Waals surface area (Å²) >= 11 is 0. The van der Waals surface area contributed by atoms with Gasteiger partial charge in [-0.15, -0.1) is 0 Å². The number of nitrogens with one attached hydrogen (secondary N) is 1. The summed E-state index contributed by atoms with van der Waals surface area (Å²) in [6.07, 6.45) is 3.85. The second-order valence-corrected chi connectivity index (χ2v) is 7.12. The summed E-state index contributed by atoms with van der Waals surface area (Å²) < 4.78 is 15.9. The van der Waals surface area contributed by atoms with E-state index < -0.39 is 0 Å². The molecular formula is C20H25N5O4. The molecular weight excluding hydrogens is 374 g/mol. The summed E-state index contributed by atoms with van der Waals surface area (Å²) in [5, 5.41) is 4.63.